The molecule has 148 valence electrons. The maximum absolute atomic E-state index is 13.1. The number of carboxylic acid groups (broad SMARTS) is 1. The van der Waals surface area contributed by atoms with Gasteiger partial charge < -0.3 is 15.3 Å². The Morgan fingerprint density at radius 3 is 2.25 bits per heavy atom. The molecule has 2 unspecified atom stereocenters. The summed E-state index contributed by atoms with van der Waals surface area (Å²) in [5.41, 5.74) is 1.96. The molecular weight excluding hydrogens is 376 g/mol. The van der Waals surface area contributed by atoms with Crippen LogP contribution in [-0.2, 0) is 4.79 Å². The van der Waals surface area contributed by atoms with E-state index >= 15 is 0 Å². The van der Waals surface area contributed by atoms with Crippen molar-refractivity contribution < 1.29 is 19.5 Å². The van der Waals surface area contributed by atoms with Crippen LogP contribution < -0.4 is 5.32 Å². The monoisotopic (exact) mass is 400 g/mol. The number of thioether (sulfide) groups is 1. The number of carbonyl (C=O) groups is 3. The molecule has 6 nitrogen and oxygen atoms in total. The smallest absolute Gasteiger partial charge is 0.336 e. The van der Waals surface area contributed by atoms with Crippen molar-refractivity contribution in [2.75, 3.05) is 19.4 Å². The van der Waals surface area contributed by atoms with Crippen LogP contribution in [0, 0.1) is 6.92 Å². The number of benzene rings is 2. The zero-order chi connectivity index (χ0) is 20.8. The number of rotatable bonds is 6. The maximum Gasteiger partial charge on any atom is 0.336 e. The van der Waals surface area contributed by atoms with Crippen molar-refractivity contribution in [3.8, 4) is 0 Å². The van der Waals surface area contributed by atoms with Gasteiger partial charge in [-0.3, -0.25) is 9.59 Å². The first-order valence-corrected chi connectivity index (χ1v) is 9.67. The van der Waals surface area contributed by atoms with Gasteiger partial charge in [0.2, 0.25) is 5.91 Å². The second-order valence-electron chi connectivity index (χ2n) is 6.67. The first-order chi connectivity index (χ1) is 13.2. The van der Waals surface area contributed by atoms with Gasteiger partial charge in [0.25, 0.3) is 5.24 Å². The van der Waals surface area contributed by atoms with E-state index in [1.807, 2.05) is 37.3 Å². The number of hydrogen-bond acceptors (Lipinski definition) is 4. The quantitative estimate of drug-likeness (QED) is 0.758. The van der Waals surface area contributed by atoms with Crippen molar-refractivity contribution in [3.05, 3.63) is 65.2 Å². The minimum atomic E-state index is -1.06. The van der Waals surface area contributed by atoms with Gasteiger partial charge in [0.05, 0.1) is 10.8 Å². The number of amides is 2. The number of carbonyl (C=O) groups excluding carboxylic acids is 2. The SMILES string of the molecule is Cc1c(NC(=O)C(SC(=O)N(C)C)C(C)c2ccccc2)cccc1C(=O)O. The first-order valence-electron chi connectivity index (χ1n) is 8.79. The molecule has 0 aliphatic heterocycles. The third-order valence-corrected chi connectivity index (χ3v) is 5.90. The Hall–Kier alpha value is -2.80. The van der Waals surface area contributed by atoms with E-state index in [9.17, 15) is 19.5 Å². The number of aromatic carboxylic acids is 1. The van der Waals surface area contributed by atoms with Gasteiger partial charge in [0.1, 0.15) is 0 Å². The van der Waals surface area contributed by atoms with Crippen molar-refractivity contribution in [2.24, 2.45) is 0 Å². The fourth-order valence-corrected chi connectivity index (χ4v) is 3.69. The molecule has 2 aromatic carbocycles. The number of hydrogen-bond donors (Lipinski definition) is 2. The van der Waals surface area contributed by atoms with Crippen LogP contribution in [0.25, 0.3) is 0 Å². The average molecular weight is 401 g/mol. The third-order valence-electron chi connectivity index (χ3n) is 4.45. The van der Waals surface area contributed by atoms with Gasteiger partial charge in [-0.05, 0) is 30.2 Å². The Balaban J connectivity index is 2.32. The summed E-state index contributed by atoms with van der Waals surface area (Å²) in [5, 5.41) is 11.2. The van der Waals surface area contributed by atoms with Gasteiger partial charge in [0.15, 0.2) is 0 Å². The molecule has 0 heterocycles. The van der Waals surface area contributed by atoms with Crippen LogP contribution in [0.4, 0.5) is 10.5 Å². The lowest BCUT2D eigenvalue weighted by molar-refractivity contribution is -0.116. The summed E-state index contributed by atoms with van der Waals surface area (Å²) in [7, 11) is 3.27. The lowest BCUT2D eigenvalue weighted by Gasteiger charge is -2.24. The van der Waals surface area contributed by atoms with Crippen molar-refractivity contribution >= 4 is 34.6 Å². The third kappa shape index (κ3) is 5.13. The lowest BCUT2D eigenvalue weighted by Crippen LogP contribution is -2.33. The van der Waals surface area contributed by atoms with E-state index in [1.54, 1.807) is 33.2 Å². The summed E-state index contributed by atoms with van der Waals surface area (Å²) in [5.74, 6) is -1.62. The van der Waals surface area contributed by atoms with Crippen LogP contribution in [0.3, 0.4) is 0 Å². The van der Waals surface area contributed by atoms with Crippen LogP contribution in [0.15, 0.2) is 48.5 Å². The molecule has 2 atom stereocenters. The molecule has 2 aromatic rings. The van der Waals surface area contributed by atoms with E-state index in [2.05, 4.69) is 5.32 Å². The van der Waals surface area contributed by atoms with E-state index in [0.717, 1.165) is 17.3 Å². The summed E-state index contributed by atoms with van der Waals surface area (Å²) < 4.78 is 0. The molecule has 0 radical (unpaired) electrons. The van der Waals surface area contributed by atoms with Crippen molar-refractivity contribution in [3.63, 3.8) is 0 Å². The van der Waals surface area contributed by atoms with Crippen LogP contribution in [0.2, 0.25) is 0 Å². The van der Waals surface area contributed by atoms with E-state index < -0.39 is 11.2 Å². The minimum absolute atomic E-state index is 0.127. The fraction of sp³-hybridized carbons (Fsp3) is 0.286. The zero-order valence-electron chi connectivity index (χ0n) is 16.3. The predicted molar refractivity (Wildman–Crippen MR) is 112 cm³/mol. The maximum atomic E-state index is 13.1. The first kappa shape index (κ1) is 21.5. The summed E-state index contributed by atoms with van der Waals surface area (Å²) >= 11 is 0.958. The molecule has 0 saturated heterocycles. The average Bonchev–Trinajstić information content (AvgIpc) is 2.67. The molecular formula is C21H24N2O4S. The number of nitrogens with one attached hydrogen (secondary N) is 1. The van der Waals surface area contributed by atoms with Crippen molar-refractivity contribution in [1.82, 2.24) is 4.90 Å². The molecule has 0 fully saturated rings. The van der Waals surface area contributed by atoms with Gasteiger partial charge in [-0.2, -0.15) is 0 Å². The summed E-state index contributed by atoms with van der Waals surface area (Å²) in [4.78, 5) is 38.1. The molecule has 0 aliphatic rings. The number of nitrogens with zero attached hydrogens (tertiary/aromatic N) is 1. The highest BCUT2D eigenvalue weighted by Gasteiger charge is 2.30. The Morgan fingerprint density at radius 1 is 1.04 bits per heavy atom. The molecule has 0 aliphatic carbocycles. The Bertz CT molecular complexity index is 868. The summed E-state index contributed by atoms with van der Waals surface area (Å²) in [6.07, 6.45) is 0. The highest BCUT2D eigenvalue weighted by atomic mass is 32.2. The molecule has 0 saturated carbocycles. The predicted octanol–water partition coefficient (Wildman–Crippen LogP) is 4.22. The zero-order valence-corrected chi connectivity index (χ0v) is 17.1. The van der Waals surface area contributed by atoms with Crippen LogP contribution in [-0.4, -0.2) is 46.5 Å². The Kier molecular flexibility index (Phi) is 7.23. The van der Waals surface area contributed by atoms with Gasteiger partial charge in [0, 0.05) is 25.7 Å². The molecule has 0 aromatic heterocycles. The van der Waals surface area contributed by atoms with E-state index in [0.29, 0.717) is 11.3 Å². The van der Waals surface area contributed by atoms with Crippen molar-refractivity contribution in [2.45, 2.75) is 25.0 Å². The van der Waals surface area contributed by atoms with Gasteiger partial charge in [-0.25, -0.2) is 4.79 Å². The highest BCUT2D eigenvalue weighted by Crippen LogP contribution is 2.31. The van der Waals surface area contributed by atoms with Gasteiger partial charge in [-0.1, -0.05) is 55.1 Å². The minimum Gasteiger partial charge on any atom is -0.478 e. The molecule has 28 heavy (non-hydrogen) atoms. The van der Waals surface area contributed by atoms with E-state index in [1.165, 1.54) is 11.0 Å². The summed E-state index contributed by atoms with van der Waals surface area (Å²) in [6.45, 7) is 3.54. The molecule has 7 heteroatoms. The lowest BCUT2D eigenvalue weighted by atomic mass is 9.96. The second kappa shape index (κ2) is 9.41. The van der Waals surface area contributed by atoms with E-state index in [-0.39, 0.29) is 22.6 Å². The van der Waals surface area contributed by atoms with Crippen molar-refractivity contribution in [1.29, 1.82) is 0 Å². The van der Waals surface area contributed by atoms with Crippen LogP contribution in [0.1, 0.15) is 34.3 Å². The largest absolute Gasteiger partial charge is 0.478 e. The molecule has 0 spiro atoms. The van der Waals surface area contributed by atoms with Gasteiger partial charge in [-0.15, -0.1) is 0 Å². The number of carboxylic acids is 1. The molecule has 0 bridgehead atoms. The van der Waals surface area contributed by atoms with E-state index in [4.69, 9.17) is 0 Å². The topological polar surface area (TPSA) is 86.7 Å². The van der Waals surface area contributed by atoms with Crippen LogP contribution in [0.5, 0.6) is 0 Å². The molecule has 2 rings (SSSR count). The number of anilines is 1. The molecule has 2 amide bonds. The normalized spacial score (nSPS) is 12.7. The summed E-state index contributed by atoms with van der Waals surface area (Å²) in [6, 6.07) is 14.2. The Morgan fingerprint density at radius 2 is 1.68 bits per heavy atom. The Labute approximate surface area is 168 Å². The molecule has 2 N–H and O–H groups in total. The standard InChI is InChI=1S/C21H24N2O4S/c1-13(15-9-6-5-7-10-15)18(28-21(27)23(3)4)19(24)22-17-12-8-11-16(14(17)2)20(25)26/h5-13,18H,1-4H3,(H,22,24)(H,25,26). The van der Waals surface area contributed by atoms with Gasteiger partial charge >= 0.3 is 5.97 Å². The highest BCUT2D eigenvalue weighted by molar-refractivity contribution is 8.14. The second-order valence-corrected chi connectivity index (χ2v) is 7.76. The fourth-order valence-electron chi connectivity index (χ4n) is 2.73. The van der Waals surface area contributed by atoms with Crippen LogP contribution >= 0.6 is 11.8 Å².